The Morgan fingerprint density at radius 2 is 2.33 bits per heavy atom. The van der Waals surface area contributed by atoms with Crippen LogP contribution in [0.1, 0.15) is 0 Å². The van der Waals surface area contributed by atoms with Crippen molar-refractivity contribution in [1.82, 2.24) is 0 Å². The van der Waals surface area contributed by atoms with Crippen LogP contribution in [0.2, 0.25) is 0 Å². The lowest BCUT2D eigenvalue weighted by atomic mass is 9.85. The predicted molar refractivity (Wildman–Crippen MR) is 63.9 cm³/mol. The SMILES string of the molecule is COc1ccc(NC(=O)C2(CN)COC2)cc1F. The number of anilines is 1. The molecule has 1 heterocycles. The van der Waals surface area contributed by atoms with Crippen LogP contribution >= 0.6 is 0 Å². The molecule has 0 spiro atoms. The van der Waals surface area contributed by atoms with Gasteiger partial charge in [0.15, 0.2) is 11.6 Å². The molecule has 98 valence electrons. The van der Waals surface area contributed by atoms with Crippen molar-refractivity contribution in [3.63, 3.8) is 0 Å². The van der Waals surface area contributed by atoms with Crippen LogP contribution < -0.4 is 15.8 Å². The average Bonchev–Trinajstić information content (AvgIpc) is 2.28. The average molecular weight is 254 g/mol. The maximum Gasteiger partial charge on any atom is 0.236 e. The molecule has 1 fully saturated rings. The highest BCUT2D eigenvalue weighted by atomic mass is 19.1. The Labute approximate surface area is 104 Å². The number of nitrogens with one attached hydrogen (secondary N) is 1. The van der Waals surface area contributed by atoms with Crippen LogP contribution in [-0.4, -0.2) is 32.8 Å². The van der Waals surface area contributed by atoms with E-state index in [1.807, 2.05) is 0 Å². The fraction of sp³-hybridized carbons (Fsp3) is 0.417. The minimum Gasteiger partial charge on any atom is -0.494 e. The fourth-order valence-electron chi connectivity index (χ4n) is 1.70. The molecule has 2 rings (SSSR count). The molecule has 18 heavy (non-hydrogen) atoms. The van der Waals surface area contributed by atoms with Gasteiger partial charge in [-0.1, -0.05) is 0 Å². The molecule has 1 amide bonds. The number of benzene rings is 1. The van der Waals surface area contributed by atoms with Crippen LogP contribution in [0.25, 0.3) is 0 Å². The van der Waals surface area contributed by atoms with E-state index in [4.69, 9.17) is 15.2 Å². The Kier molecular flexibility index (Phi) is 3.49. The first kappa shape index (κ1) is 12.8. The van der Waals surface area contributed by atoms with Gasteiger partial charge < -0.3 is 20.5 Å². The number of hydrogen-bond acceptors (Lipinski definition) is 4. The minimum atomic E-state index is -0.684. The number of rotatable bonds is 4. The third-order valence-electron chi connectivity index (χ3n) is 3.04. The summed E-state index contributed by atoms with van der Waals surface area (Å²) in [4.78, 5) is 12.0. The zero-order chi connectivity index (χ0) is 13.2. The molecule has 1 aliphatic rings. The zero-order valence-electron chi connectivity index (χ0n) is 10.0. The summed E-state index contributed by atoms with van der Waals surface area (Å²) in [7, 11) is 1.38. The van der Waals surface area contributed by atoms with E-state index in [1.54, 1.807) is 6.07 Å². The summed E-state index contributed by atoms with van der Waals surface area (Å²) >= 11 is 0. The lowest BCUT2D eigenvalue weighted by Crippen LogP contribution is -2.56. The van der Waals surface area contributed by atoms with Crippen LogP contribution in [0.15, 0.2) is 18.2 Å². The van der Waals surface area contributed by atoms with Gasteiger partial charge in [-0.15, -0.1) is 0 Å². The van der Waals surface area contributed by atoms with E-state index in [1.165, 1.54) is 19.2 Å². The van der Waals surface area contributed by atoms with Crippen molar-refractivity contribution in [2.45, 2.75) is 0 Å². The second-order valence-corrected chi connectivity index (χ2v) is 4.28. The predicted octanol–water partition coefficient (Wildman–Crippen LogP) is 0.748. The molecule has 0 bridgehead atoms. The van der Waals surface area contributed by atoms with Crippen molar-refractivity contribution >= 4 is 11.6 Å². The number of carbonyl (C=O) groups excluding carboxylic acids is 1. The Balaban J connectivity index is 2.10. The van der Waals surface area contributed by atoms with Crippen molar-refractivity contribution in [3.8, 4) is 5.75 Å². The Morgan fingerprint density at radius 3 is 2.78 bits per heavy atom. The monoisotopic (exact) mass is 254 g/mol. The molecule has 0 unspecified atom stereocenters. The number of nitrogens with two attached hydrogens (primary N) is 1. The molecule has 0 aliphatic carbocycles. The summed E-state index contributed by atoms with van der Waals surface area (Å²) in [6, 6.07) is 4.24. The summed E-state index contributed by atoms with van der Waals surface area (Å²) in [5, 5.41) is 2.63. The van der Waals surface area contributed by atoms with Crippen LogP contribution in [0.5, 0.6) is 5.75 Å². The number of halogens is 1. The lowest BCUT2D eigenvalue weighted by Gasteiger charge is -2.38. The van der Waals surface area contributed by atoms with Gasteiger partial charge in [-0.3, -0.25) is 4.79 Å². The van der Waals surface area contributed by atoms with Crippen molar-refractivity contribution in [1.29, 1.82) is 0 Å². The maximum absolute atomic E-state index is 13.4. The Morgan fingerprint density at radius 1 is 1.61 bits per heavy atom. The van der Waals surface area contributed by atoms with Gasteiger partial charge in [0.25, 0.3) is 0 Å². The quantitative estimate of drug-likeness (QED) is 0.831. The molecular weight excluding hydrogens is 239 g/mol. The van der Waals surface area contributed by atoms with E-state index in [9.17, 15) is 9.18 Å². The highest BCUT2D eigenvalue weighted by Crippen LogP contribution is 2.28. The van der Waals surface area contributed by atoms with Crippen LogP contribution in [-0.2, 0) is 9.53 Å². The largest absolute Gasteiger partial charge is 0.494 e. The standard InChI is InChI=1S/C12H15FN2O3/c1-17-10-3-2-8(4-9(10)13)15-11(16)12(5-14)6-18-7-12/h2-4H,5-7,14H2,1H3,(H,15,16). The van der Waals surface area contributed by atoms with Gasteiger partial charge in [0.2, 0.25) is 5.91 Å². The van der Waals surface area contributed by atoms with Gasteiger partial charge >= 0.3 is 0 Å². The van der Waals surface area contributed by atoms with E-state index in [-0.39, 0.29) is 18.2 Å². The van der Waals surface area contributed by atoms with Crippen molar-refractivity contribution in [3.05, 3.63) is 24.0 Å². The minimum absolute atomic E-state index is 0.133. The van der Waals surface area contributed by atoms with Gasteiger partial charge in [0, 0.05) is 18.3 Å². The summed E-state index contributed by atoms with van der Waals surface area (Å²) < 4.78 is 23.3. The topological polar surface area (TPSA) is 73.6 Å². The highest BCUT2D eigenvalue weighted by Gasteiger charge is 2.44. The van der Waals surface area contributed by atoms with Gasteiger partial charge in [-0.25, -0.2) is 4.39 Å². The number of ether oxygens (including phenoxy) is 2. The van der Waals surface area contributed by atoms with E-state index >= 15 is 0 Å². The third kappa shape index (κ3) is 2.16. The number of amides is 1. The van der Waals surface area contributed by atoms with Gasteiger partial charge in [-0.2, -0.15) is 0 Å². The second-order valence-electron chi connectivity index (χ2n) is 4.28. The molecule has 1 aliphatic heterocycles. The highest BCUT2D eigenvalue weighted by molar-refractivity contribution is 5.96. The lowest BCUT2D eigenvalue weighted by molar-refractivity contribution is -0.153. The normalized spacial score (nSPS) is 16.8. The number of methoxy groups -OCH3 is 1. The van der Waals surface area contributed by atoms with E-state index in [0.717, 1.165) is 0 Å². The van der Waals surface area contributed by atoms with Crippen LogP contribution in [0.3, 0.4) is 0 Å². The van der Waals surface area contributed by atoms with Gasteiger partial charge in [-0.05, 0) is 12.1 Å². The Hall–Kier alpha value is -1.66. The van der Waals surface area contributed by atoms with Gasteiger partial charge in [0.1, 0.15) is 5.41 Å². The maximum atomic E-state index is 13.4. The molecule has 0 radical (unpaired) electrons. The molecule has 5 nitrogen and oxygen atoms in total. The van der Waals surface area contributed by atoms with E-state index in [2.05, 4.69) is 5.32 Å². The molecule has 1 saturated heterocycles. The van der Waals surface area contributed by atoms with Crippen LogP contribution in [0, 0.1) is 11.2 Å². The van der Waals surface area contributed by atoms with Crippen molar-refractivity contribution < 1.29 is 18.7 Å². The first-order valence-electron chi connectivity index (χ1n) is 5.54. The molecule has 0 aromatic heterocycles. The number of carbonyl (C=O) groups is 1. The first-order valence-corrected chi connectivity index (χ1v) is 5.54. The van der Waals surface area contributed by atoms with Gasteiger partial charge in [0.05, 0.1) is 20.3 Å². The molecule has 1 aromatic carbocycles. The first-order chi connectivity index (χ1) is 8.61. The second kappa shape index (κ2) is 4.91. The van der Waals surface area contributed by atoms with E-state index in [0.29, 0.717) is 18.9 Å². The fourth-order valence-corrected chi connectivity index (χ4v) is 1.70. The number of hydrogen-bond donors (Lipinski definition) is 2. The summed E-state index contributed by atoms with van der Waals surface area (Å²) in [6.45, 7) is 0.805. The summed E-state index contributed by atoms with van der Waals surface area (Å²) in [5.41, 5.74) is 5.25. The van der Waals surface area contributed by atoms with E-state index < -0.39 is 11.2 Å². The molecular formula is C12H15FN2O3. The van der Waals surface area contributed by atoms with Crippen LogP contribution in [0.4, 0.5) is 10.1 Å². The summed E-state index contributed by atoms with van der Waals surface area (Å²) in [6.07, 6.45) is 0. The molecule has 0 atom stereocenters. The Bertz CT molecular complexity index is 455. The van der Waals surface area contributed by atoms with Crippen molar-refractivity contribution in [2.24, 2.45) is 11.1 Å². The molecule has 1 aromatic rings. The molecule has 3 N–H and O–H groups in total. The summed E-state index contributed by atoms with van der Waals surface area (Å²) in [5.74, 6) is -0.642. The zero-order valence-corrected chi connectivity index (χ0v) is 10.0. The van der Waals surface area contributed by atoms with Crippen molar-refractivity contribution in [2.75, 3.05) is 32.2 Å². The molecule has 6 heteroatoms. The third-order valence-corrected chi connectivity index (χ3v) is 3.04. The smallest absolute Gasteiger partial charge is 0.236 e. The molecule has 0 saturated carbocycles.